The molecule has 7 heteroatoms. The molecular weight excluding hydrogens is 256 g/mol. The molecule has 102 valence electrons. The molecule has 0 atom stereocenters. The van der Waals surface area contributed by atoms with E-state index >= 15 is 0 Å². The van der Waals surface area contributed by atoms with E-state index in [4.69, 9.17) is 9.47 Å². The Morgan fingerprint density at radius 1 is 1.33 bits per heavy atom. The van der Waals surface area contributed by atoms with Crippen molar-refractivity contribution in [2.24, 2.45) is 0 Å². The van der Waals surface area contributed by atoms with Crippen LogP contribution in [0.25, 0.3) is 0 Å². The normalized spacial score (nSPS) is 11.4. The number of hydrogen-bond donors (Lipinski definition) is 1. The van der Waals surface area contributed by atoms with Crippen molar-refractivity contribution in [3.05, 3.63) is 18.3 Å². The maximum atomic E-state index is 11.5. The molecule has 1 aromatic rings. The average molecular weight is 274 g/mol. The highest BCUT2D eigenvalue weighted by molar-refractivity contribution is 7.90. The van der Waals surface area contributed by atoms with Gasteiger partial charge in [-0.05, 0) is 12.1 Å². The van der Waals surface area contributed by atoms with E-state index in [1.54, 1.807) is 19.4 Å². The summed E-state index contributed by atoms with van der Waals surface area (Å²) in [6.45, 7) is 2.00. The van der Waals surface area contributed by atoms with Gasteiger partial charge in [-0.2, -0.15) is 0 Å². The first-order valence-electron chi connectivity index (χ1n) is 5.51. The summed E-state index contributed by atoms with van der Waals surface area (Å²) in [7, 11) is -1.67. The van der Waals surface area contributed by atoms with Crippen molar-refractivity contribution >= 4 is 15.7 Å². The maximum Gasteiger partial charge on any atom is 0.179 e. The number of hydrogen-bond acceptors (Lipinski definition) is 6. The summed E-state index contributed by atoms with van der Waals surface area (Å²) >= 11 is 0. The molecule has 0 saturated heterocycles. The highest BCUT2D eigenvalue weighted by Crippen LogP contribution is 2.17. The molecule has 0 saturated carbocycles. The number of pyridine rings is 1. The first-order chi connectivity index (χ1) is 8.55. The van der Waals surface area contributed by atoms with Crippen molar-refractivity contribution in [3.8, 4) is 0 Å². The van der Waals surface area contributed by atoms with Crippen LogP contribution in [0.3, 0.4) is 0 Å². The summed E-state index contributed by atoms with van der Waals surface area (Å²) in [5.41, 5.74) is 0. The number of aromatic nitrogens is 1. The van der Waals surface area contributed by atoms with Crippen molar-refractivity contribution in [2.75, 3.05) is 45.0 Å². The largest absolute Gasteiger partial charge is 0.382 e. The zero-order valence-corrected chi connectivity index (χ0v) is 11.4. The Morgan fingerprint density at radius 2 is 2.11 bits per heavy atom. The van der Waals surface area contributed by atoms with Crippen LogP contribution in [0.2, 0.25) is 0 Å². The Balaban J connectivity index is 2.48. The second-order valence-corrected chi connectivity index (χ2v) is 5.64. The summed E-state index contributed by atoms with van der Waals surface area (Å²) in [6, 6.07) is 3.12. The molecule has 0 aliphatic rings. The number of nitrogens with one attached hydrogen (secondary N) is 1. The third-order valence-electron chi connectivity index (χ3n) is 2.14. The summed E-state index contributed by atoms with van der Waals surface area (Å²) in [4.78, 5) is 4.20. The van der Waals surface area contributed by atoms with Crippen molar-refractivity contribution in [1.29, 1.82) is 0 Å². The van der Waals surface area contributed by atoms with Crippen molar-refractivity contribution in [2.45, 2.75) is 4.90 Å². The topological polar surface area (TPSA) is 77.5 Å². The summed E-state index contributed by atoms with van der Waals surface area (Å²) < 4.78 is 33.1. The molecule has 0 unspecified atom stereocenters. The van der Waals surface area contributed by atoms with Gasteiger partial charge in [0, 0.05) is 26.1 Å². The van der Waals surface area contributed by atoms with Crippen LogP contribution in [0.5, 0.6) is 0 Å². The third-order valence-corrected chi connectivity index (χ3v) is 3.27. The van der Waals surface area contributed by atoms with E-state index in [0.717, 1.165) is 6.26 Å². The monoisotopic (exact) mass is 274 g/mol. The minimum Gasteiger partial charge on any atom is -0.382 e. The molecule has 1 N–H and O–H groups in total. The van der Waals surface area contributed by atoms with Crippen LogP contribution >= 0.6 is 0 Å². The standard InChI is InChI=1S/C11H18N2O4S/c1-16-8-9-17-7-6-13-11-10(18(2,14)15)4-3-5-12-11/h3-5H,6-9H2,1-2H3,(H,12,13). The quantitative estimate of drug-likeness (QED) is 0.698. The number of nitrogens with zero attached hydrogens (tertiary/aromatic N) is 1. The molecule has 0 radical (unpaired) electrons. The van der Waals surface area contributed by atoms with Crippen molar-refractivity contribution in [1.82, 2.24) is 4.98 Å². The van der Waals surface area contributed by atoms with E-state index in [1.165, 1.54) is 6.07 Å². The summed E-state index contributed by atoms with van der Waals surface area (Å²) in [5.74, 6) is 0.357. The fourth-order valence-electron chi connectivity index (χ4n) is 1.31. The van der Waals surface area contributed by atoms with Crippen LogP contribution in [0, 0.1) is 0 Å². The Morgan fingerprint density at radius 3 is 2.78 bits per heavy atom. The van der Waals surface area contributed by atoms with Gasteiger partial charge in [0.25, 0.3) is 0 Å². The molecule has 0 amide bonds. The van der Waals surface area contributed by atoms with Crippen LogP contribution in [-0.2, 0) is 19.3 Å². The zero-order chi connectivity index (χ0) is 13.4. The molecule has 1 rings (SSSR count). The minimum absolute atomic E-state index is 0.196. The number of ether oxygens (including phenoxy) is 2. The predicted octanol–water partition coefficient (Wildman–Crippen LogP) is 0.560. The Hall–Kier alpha value is -1.18. The Labute approximate surface area is 107 Å². The first kappa shape index (κ1) is 14.9. The average Bonchev–Trinajstić information content (AvgIpc) is 2.33. The number of methoxy groups -OCH3 is 1. The van der Waals surface area contributed by atoms with Crippen LogP contribution in [0.4, 0.5) is 5.82 Å². The van der Waals surface area contributed by atoms with E-state index in [2.05, 4.69) is 10.3 Å². The second-order valence-electron chi connectivity index (χ2n) is 3.65. The van der Waals surface area contributed by atoms with Gasteiger partial charge >= 0.3 is 0 Å². The lowest BCUT2D eigenvalue weighted by molar-refractivity contribution is 0.0759. The fourth-order valence-corrected chi connectivity index (χ4v) is 2.11. The van der Waals surface area contributed by atoms with Crippen LogP contribution in [0.15, 0.2) is 23.2 Å². The summed E-state index contributed by atoms with van der Waals surface area (Å²) in [6.07, 6.45) is 2.70. The Kier molecular flexibility index (Phi) is 6.03. The van der Waals surface area contributed by atoms with Gasteiger partial charge in [0.15, 0.2) is 9.84 Å². The number of anilines is 1. The lowest BCUT2D eigenvalue weighted by Gasteiger charge is -2.09. The van der Waals surface area contributed by atoms with Crippen molar-refractivity contribution < 1.29 is 17.9 Å². The van der Waals surface area contributed by atoms with Gasteiger partial charge in [-0.1, -0.05) is 0 Å². The van der Waals surface area contributed by atoms with Gasteiger partial charge in [-0.3, -0.25) is 0 Å². The van der Waals surface area contributed by atoms with E-state index in [0.29, 0.717) is 32.2 Å². The van der Waals surface area contributed by atoms with E-state index in [-0.39, 0.29) is 4.90 Å². The van der Waals surface area contributed by atoms with E-state index < -0.39 is 9.84 Å². The molecule has 0 bridgehead atoms. The highest BCUT2D eigenvalue weighted by atomic mass is 32.2. The second kappa shape index (κ2) is 7.30. The maximum absolute atomic E-state index is 11.5. The summed E-state index contributed by atoms with van der Waals surface area (Å²) in [5, 5.41) is 2.94. The highest BCUT2D eigenvalue weighted by Gasteiger charge is 2.13. The molecular formula is C11H18N2O4S. The van der Waals surface area contributed by atoms with Gasteiger partial charge in [-0.15, -0.1) is 0 Å². The van der Waals surface area contributed by atoms with Gasteiger partial charge in [0.2, 0.25) is 0 Å². The van der Waals surface area contributed by atoms with Gasteiger partial charge in [-0.25, -0.2) is 13.4 Å². The lowest BCUT2D eigenvalue weighted by Crippen LogP contribution is -2.14. The molecule has 0 aromatic carbocycles. The van der Waals surface area contributed by atoms with Crippen LogP contribution < -0.4 is 5.32 Å². The van der Waals surface area contributed by atoms with Gasteiger partial charge in [0.05, 0.1) is 19.8 Å². The van der Waals surface area contributed by atoms with Crippen LogP contribution in [0.1, 0.15) is 0 Å². The van der Waals surface area contributed by atoms with Gasteiger partial charge < -0.3 is 14.8 Å². The van der Waals surface area contributed by atoms with E-state index in [1.807, 2.05) is 0 Å². The molecule has 0 fully saturated rings. The number of rotatable bonds is 8. The Bertz CT molecular complexity index is 462. The molecule has 1 heterocycles. The first-order valence-corrected chi connectivity index (χ1v) is 7.40. The zero-order valence-electron chi connectivity index (χ0n) is 10.5. The molecule has 0 aliphatic carbocycles. The van der Waals surface area contributed by atoms with Crippen molar-refractivity contribution in [3.63, 3.8) is 0 Å². The number of sulfone groups is 1. The third kappa shape index (κ3) is 4.99. The SMILES string of the molecule is COCCOCCNc1ncccc1S(C)(=O)=O. The van der Waals surface area contributed by atoms with E-state index in [9.17, 15) is 8.42 Å². The smallest absolute Gasteiger partial charge is 0.179 e. The molecule has 0 spiro atoms. The van der Waals surface area contributed by atoms with Crippen LogP contribution in [-0.4, -0.2) is 53.1 Å². The molecule has 6 nitrogen and oxygen atoms in total. The molecule has 18 heavy (non-hydrogen) atoms. The molecule has 0 aliphatic heterocycles. The molecule has 1 aromatic heterocycles. The van der Waals surface area contributed by atoms with Gasteiger partial charge in [0.1, 0.15) is 10.7 Å². The predicted molar refractivity (Wildman–Crippen MR) is 68.5 cm³/mol. The lowest BCUT2D eigenvalue weighted by atomic mass is 10.4. The fraction of sp³-hybridized carbons (Fsp3) is 0.545. The minimum atomic E-state index is -3.27.